The second-order valence-corrected chi connectivity index (χ2v) is 6.02. The number of nitrogens with zero attached hydrogens (tertiary/aromatic N) is 6. The molecule has 0 N–H and O–H groups in total. The van der Waals surface area contributed by atoms with E-state index in [4.69, 9.17) is 0 Å². The molecule has 1 saturated heterocycles. The molecule has 0 spiro atoms. The van der Waals surface area contributed by atoms with Gasteiger partial charge < -0.3 is 4.90 Å². The minimum Gasteiger partial charge on any atom is -0.336 e. The molecular formula is C18H18N6O. The van der Waals surface area contributed by atoms with Crippen molar-refractivity contribution in [2.24, 2.45) is 0 Å². The van der Waals surface area contributed by atoms with Crippen LogP contribution in [0.15, 0.2) is 59.9 Å². The molecule has 3 aromatic heterocycles. The van der Waals surface area contributed by atoms with Crippen molar-refractivity contribution in [1.29, 1.82) is 0 Å². The molecule has 126 valence electrons. The summed E-state index contributed by atoms with van der Waals surface area (Å²) in [5, 5.41) is 4.53. The van der Waals surface area contributed by atoms with Crippen molar-refractivity contribution >= 4 is 5.95 Å². The van der Waals surface area contributed by atoms with Gasteiger partial charge in [-0.25, -0.2) is 14.6 Å². The Balaban J connectivity index is 1.61. The first kappa shape index (κ1) is 15.4. The van der Waals surface area contributed by atoms with E-state index >= 15 is 0 Å². The Labute approximate surface area is 145 Å². The van der Waals surface area contributed by atoms with Crippen molar-refractivity contribution in [2.45, 2.75) is 25.4 Å². The smallest absolute Gasteiger partial charge is 0.266 e. The lowest BCUT2D eigenvalue weighted by Gasteiger charge is -2.24. The van der Waals surface area contributed by atoms with Gasteiger partial charge in [0.1, 0.15) is 0 Å². The van der Waals surface area contributed by atoms with Crippen LogP contribution in [0.4, 0.5) is 5.95 Å². The van der Waals surface area contributed by atoms with E-state index in [0.29, 0.717) is 12.5 Å². The second-order valence-electron chi connectivity index (χ2n) is 6.02. The third kappa shape index (κ3) is 3.26. The average molecular weight is 334 g/mol. The van der Waals surface area contributed by atoms with Crippen LogP contribution < -0.4 is 10.5 Å². The summed E-state index contributed by atoms with van der Waals surface area (Å²) in [5.74, 6) is 0.710. The minimum absolute atomic E-state index is 0.103. The Morgan fingerprint density at radius 1 is 1.08 bits per heavy atom. The van der Waals surface area contributed by atoms with Crippen LogP contribution in [0.25, 0.3) is 11.3 Å². The molecule has 1 aliphatic rings. The van der Waals surface area contributed by atoms with Gasteiger partial charge in [-0.1, -0.05) is 0 Å². The van der Waals surface area contributed by atoms with E-state index in [1.54, 1.807) is 43.0 Å². The second kappa shape index (κ2) is 6.80. The van der Waals surface area contributed by atoms with Gasteiger partial charge in [0, 0.05) is 43.0 Å². The van der Waals surface area contributed by atoms with Crippen molar-refractivity contribution in [2.75, 3.05) is 11.4 Å². The molecule has 0 bridgehead atoms. The van der Waals surface area contributed by atoms with E-state index in [9.17, 15) is 4.79 Å². The quantitative estimate of drug-likeness (QED) is 0.724. The van der Waals surface area contributed by atoms with E-state index in [1.165, 1.54) is 4.68 Å². The fourth-order valence-electron chi connectivity index (χ4n) is 3.18. The third-order valence-corrected chi connectivity index (χ3v) is 4.39. The van der Waals surface area contributed by atoms with E-state index in [0.717, 1.165) is 30.6 Å². The molecule has 1 atom stereocenters. The third-order valence-electron chi connectivity index (χ3n) is 4.39. The van der Waals surface area contributed by atoms with Gasteiger partial charge >= 0.3 is 0 Å². The first-order valence-corrected chi connectivity index (χ1v) is 8.33. The zero-order valence-electron chi connectivity index (χ0n) is 13.7. The van der Waals surface area contributed by atoms with Crippen molar-refractivity contribution in [3.8, 4) is 11.3 Å². The van der Waals surface area contributed by atoms with Crippen molar-refractivity contribution in [1.82, 2.24) is 24.7 Å². The lowest BCUT2D eigenvalue weighted by Crippen LogP contribution is -2.37. The van der Waals surface area contributed by atoms with Crippen LogP contribution in [0.3, 0.4) is 0 Å². The van der Waals surface area contributed by atoms with Gasteiger partial charge in [-0.05, 0) is 37.1 Å². The van der Waals surface area contributed by atoms with Crippen LogP contribution in [0.2, 0.25) is 0 Å². The van der Waals surface area contributed by atoms with Crippen molar-refractivity contribution in [3.63, 3.8) is 0 Å². The van der Waals surface area contributed by atoms with Crippen LogP contribution >= 0.6 is 0 Å². The first-order valence-electron chi connectivity index (χ1n) is 8.33. The molecule has 0 radical (unpaired) electrons. The number of anilines is 1. The van der Waals surface area contributed by atoms with E-state index in [-0.39, 0.29) is 11.6 Å². The van der Waals surface area contributed by atoms with Crippen LogP contribution in [-0.2, 0) is 6.54 Å². The van der Waals surface area contributed by atoms with Gasteiger partial charge in [0.15, 0.2) is 0 Å². The number of hydrogen-bond donors (Lipinski definition) is 0. The Kier molecular flexibility index (Phi) is 4.20. The van der Waals surface area contributed by atoms with Crippen LogP contribution in [0, 0.1) is 0 Å². The maximum absolute atomic E-state index is 12.3. The van der Waals surface area contributed by atoms with E-state index in [1.807, 2.05) is 12.1 Å². The molecular weight excluding hydrogens is 316 g/mol. The Hall–Kier alpha value is -3.09. The summed E-state index contributed by atoms with van der Waals surface area (Å²) < 4.78 is 1.54. The zero-order chi connectivity index (χ0) is 17.1. The Bertz CT molecular complexity index is 896. The summed E-state index contributed by atoms with van der Waals surface area (Å²) in [6.45, 7) is 1.41. The summed E-state index contributed by atoms with van der Waals surface area (Å²) in [4.78, 5) is 27.2. The molecule has 0 saturated carbocycles. The first-order chi connectivity index (χ1) is 12.3. The molecule has 1 fully saturated rings. The van der Waals surface area contributed by atoms with Gasteiger partial charge in [0.25, 0.3) is 5.56 Å². The molecule has 3 aromatic rings. The predicted molar refractivity (Wildman–Crippen MR) is 94.1 cm³/mol. The van der Waals surface area contributed by atoms with Gasteiger partial charge in [0.05, 0.1) is 18.3 Å². The van der Waals surface area contributed by atoms with Gasteiger partial charge in [0.2, 0.25) is 5.95 Å². The molecule has 4 rings (SSSR count). The number of pyridine rings is 1. The summed E-state index contributed by atoms with van der Waals surface area (Å²) in [5.41, 5.74) is 1.53. The molecule has 0 aromatic carbocycles. The number of hydrogen-bond acceptors (Lipinski definition) is 6. The topological polar surface area (TPSA) is 76.8 Å². The summed E-state index contributed by atoms with van der Waals surface area (Å²) >= 11 is 0. The SMILES string of the molecule is O=c1ccc(-c2cccnc2)nn1CC1CCCN1c1ncccn1. The number of aromatic nitrogens is 5. The lowest BCUT2D eigenvalue weighted by atomic mass is 10.2. The fraction of sp³-hybridized carbons (Fsp3) is 0.278. The zero-order valence-corrected chi connectivity index (χ0v) is 13.7. The molecule has 1 aliphatic heterocycles. The monoisotopic (exact) mass is 334 g/mol. The molecule has 25 heavy (non-hydrogen) atoms. The largest absolute Gasteiger partial charge is 0.336 e. The Morgan fingerprint density at radius 3 is 2.76 bits per heavy atom. The van der Waals surface area contributed by atoms with Crippen LogP contribution in [-0.4, -0.2) is 37.3 Å². The molecule has 1 unspecified atom stereocenters. The molecule has 0 aliphatic carbocycles. The average Bonchev–Trinajstić information content (AvgIpc) is 3.13. The highest BCUT2D eigenvalue weighted by molar-refractivity contribution is 5.56. The summed E-state index contributed by atoms with van der Waals surface area (Å²) in [6, 6.07) is 9.06. The van der Waals surface area contributed by atoms with Crippen molar-refractivity contribution in [3.05, 3.63) is 65.5 Å². The van der Waals surface area contributed by atoms with Crippen LogP contribution in [0.1, 0.15) is 12.8 Å². The molecule has 7 nitrogen and oxygen atoms in total. The highest BCUT2D eigenvalue weighted by Crippen LogP contribution is 2.23. The van der Waals surface area contributed by atoms with Crippen LogP contribution in [0.5, 0.6) is 0 Å². The molecule has 4 heterocycles. The maximum Gasteiger partial charge on any atom is 0.266 e. The molecule has 0 amide bonds. The fourth-order valence-corrected chi connectivity index (χ4v) is 3.18. The minimum atomic E-state index is -0.103. The normalized spacial score (nSPS) is 17.0. The standard InChI is InChI=1S/C18H18N6O/c25-17-7-6-16(14-4-1-8-19-12-14)22-24(17)13-15-5-2-11-23(15)18-20-9-3-10-21-18/h1,3-4,6-10,12,15H,2,5,11,13H2. The van der Waals surface area contributed by atoms with Gasteiger partial charge in [-0.3, -0.25) is 9.78 Å². The summed E-state index contributed by atoms with van der Waals surface area (Å²) in [7, 11) is 0. The van der Waals surface area contributed by atoms with E-state index in [2.05, 4.69) is 25.0 Å². The van der Waals surface area contributed by atoms with E-state index < -0.39 is 0 Å². The lowest BCUT2D eigenvalue weighted by molar-refractivity contribution is 0.487. The van der Waals surface area contributed by atoms with Crippen molar-refractivity contribution < 1.29 is 0 Å². The van der Waals surface area contributed by atoms with Gasteiger partial charge in [-0.2, -0.15) is 5.10 Å². The predicted octanol–water partition coefficient (Wildman–Crippen LogP) is 1.76. The highest BCUT2D eigenvalue weighted by Gasteiger charge is 2.27. The van der Waals surface area contributed by atoms with Gasteiger partial charge in [-0.15, -0.1) is 0 Å². The maximum atomic E-state index is 12.3. The number of rotatable bonds is 4. The summed E-state index contributed by atoms with van der Waals surface area (Å²) in [6.07, 6.45) is 8.99. The Morgan fingerprint density at radius 2 is 1.96 bits per heavy atom. The molecule has 7 heteroatoms. The highest BCUT2D eigenvalue weighted by atomic mass is 16.1.